The number of alkyl halides is 3. The van der Waals surface area contributed by atoms with E-state index >= 15 is 0 Å². The van der Waals surface area contributed by atoms with Crippen molar-refractivity contribution in [3.8, 4) is 22.7 Å². The number of aliphatic hydroxyl groups excluding tert-OH is 1. The normalized spacial score (nSPS) is 18.2. The third kappa shape index (κ3) is 5.18. The Bertz CT molecular complexity index is 1200. The number of aliphatic hydroxyl groups is 1. The molecule has 0 spiro atoms. The van der Waals surface area contributed by atoms with Crippen LogP contribution in [0.1, 0.15) is 10.4 Å². The second-order valence-electron chi connectivity index (χ2n) is 7.13. The number of aromatic nitrogens is 3. The van der Waals surface area contributed by atoms with E-state index < -0.39 is 35.7 Å². The van der Waals surface area contributed by atoms with Crippen LogP contribution >= 0.6 is 0 Å². The molecule has 1 fully saturated rings. The van der Waals surface area contributed by atoms with Gasteiger partial charge in [0.2, 0.25) is 0 Å². The average molecular weight is 462 g/mol. The van der Waals surface area contributed by atoms with Gasteiger partial charge in [0.1, 0.15) is 11.3 Å². The summed E-state index contributed by atoms with van der Waals surface area (Å²) in [6, 6.07) is 8.49. The number of nitrogens with zero attached hydrogens (tertiary/aromatic N) is 3. The highest BCUT2D eigenvalue weighted by molar-refractivity contribution is 5.95. The Morgan fingerprint density at radius 1 is 1.21 bits per heavy atom. The van der Waals surface area contributed by atoms with Crippen LogP contribution < -0.4 is 15.6 Å². The number of hydrogen-bond acceptors (Lipinski definition) is 7. The number of pyridine rings is 1. The number of amides is 1. The molecule has 0 bridgehead atoms. The average Bonchev–Trinajstić information content (AvgIpc) is 3.18. The van der Waals surface area contributed by atoms with Crippen molar-refractivity contribution < 1.29 is 32.5 Å². The number of nitrogens with one attached hydrogen (secondary N) is 1. The van der Waals surface area contributed by atoms with Gasteiger partial charge < -0.3 is 19.9 Å². The molecule has 0 unspecified atom stereocenters. The summed E-state index contributed by atoms with van der Waals surface area (Å²) in [6.07, 6.45) is -2.90. The van der Waals surface area contributed by atoms with E-state index in [0.717, 1.165) is 16.8 Å². The van der Waals surface area contributed by atoms with E-state index in [2.05, 4.69) is 20.1 Å². The van der Waals surface area contributed by atoms with Crippen molar-refractivity contribution in [2.45, 2.75) is 18.5 Å². The van der Waals surface area contributed by atoms with Gasteiger partial charge in [0.25, 0.3) is 11.5 Å². The molecule has 33 heavy (non-hydrogen) atoms. The van der Waals surface area contributed by atoms with Crippen LogP contribution in [0.4, 0.5) is 13.2 Å². The van der Waals surface area contributed by atoms with Crippen molar-refractivity contribution in [3.05, 3.63) is 70.8 Å². The maximum absolute atomic E-state index is 13.0. The summed E-state index contributed by atoms with van der Waals surface area (Å²) in [5, 5.41) is 16.7. The zero-order valence-electron chi connectivity index (χ0n) is 16.8. The largest absolute Gasteiger partial charge is 0.573 e. The van der Waals surface area contributed by atoms with E-state index in [9.17, 15) is 27.9 Å². The minimum absolute atomic E-state index is 0.0544. The summed E-state index contributed by atoms with van der Waals surface area (Å²) in [4.78, 5) is 29.8. The lowest BCUT2D eigenvalue weighted by Gasteiger charge is -2.16. The third-order valence-electron chi connectivity index (χ3n) is 4.80. The van der Waals surface area contributed by atoms with Gasteiger partial charge in [0.15, 0.2) is 0 Å². The fourth-order valence-corrected chi connectivity index (χ4v) is 3.21. The van der Waals surface area contributed by atoms with Crippen molar-refractivity contribution in [2.24, 2.45) is 0 Å². The molecule has 1 aromatic carbocycles. The molecule has 2 atom stereocenters. The first kappa shape index (κ1) is 22.4. The first-order valence-electron chi connectivity index (χ1n) is 9.69. The molecule has 1 aliphatic rings. The van der Waals surface area contributed by atoms with Crippen LogP contribution in [0.15, 0.2) is 59.7 Å². The molecule has 2 aromatic heterocycles. The maximum Gasteiger partial charge on any atom is 0.573 e. The molecule has 1 aliphatic heterocycles. The Hall–Kier alpha value is -3.77. The number of halogens is 3. The minimum atomic E-state index is -4.84. The fourth-order valence-electron chi connectivity index (χ4n) is 3.21. The van der Waals surface area contributed by atoms with Crippen LogP contribution in [-0.2, 0) is 4.74 Å². The molecule has 0 radical (unpaired) electrons. The molecule has 4 rings (SSSR count). The molecule has 0 aliphatic carbocycles. The molecular weight excluding hydrogens is 445 g/mol. The van der Waals surface area contributed by atoms with E-state index in [1.807, 2.05) is 0 Å². The second kappa shape index (κ2) is 9.00. The third-order valence-corrected chi connectivity index (χ3v) is 4.80. The Balaban J connectivity index is 1.75. The van der Waals surface area contributed by atoms with Crippen LogP contribution in [0, 0.1) is 0 Å². The van der Waals surface area contributed by atoms with Gasteiger partial charge in [-0.05, 0) is 42.5 Å². The molecule has 1 amide bonds. The van der Waals surface area contributed by atoms with Crippen LogP contribution in [0.25, 0.3) is 16.9 Å². The molecule has 1 saturated heterocycles. The Kier molecular flexibility index (Phi) is 6.11. The van der Waals surface area contributed by atoms with E-state index in [0.29, 0.717) is 5.56 Å². The molecule has 172 valence electrons. The van der Waals surface area contributed by atoms with Gasteiger partial charge >= 0.3 is 6.36 Å². The topological polar surface area (TPSA) is 116 Å². The van der Waals surface area contributed by atoms with Gasteiger partial charge in [-0.15, -0.1) is 13.2 Å². The van der Waals surface area contributed by atoms with E-state index in [-0.39, 0.29) is 30.2 Å². The monoisotopic (exact) mass is 462 g/mol. The first-order valence-corrected chi connectivity index (χ1v) is 9.69. The van der Waals surface area contributed by atoms with Gasteiger partial charge in [-0.1, -0.05) is 0 Å². The summed E-state index contributed by atoms with van der Waals surface area (Å²) in [5.41, 5.74) is -0.265. The smallest absolute Gasteiger partial charge is 0.406 e. The van der Waals surface area contributed by atoms with Crippen molar-refractivity contribution >= 4 is 5.91 Å². The zero-order chi connectivity index (χ0) is 23.6. The highest BCUT2D eigenvalue weighted by Gasteiger charge is 2.31. The number of carbonyl (C=O) groups is 1. The Morgan fingerprint density at radius 3 is 2.58 bits per heavy atom. The van der Waals surface area contributed by atoms with Crippen LogP contribution in [-0.4, -0.2) is 57.5 Å². The standard InChI is InChI=1S/C21H17F3N4O5/c22-21(23,24)33-14-5-3-12(4-6-14)16-8-15(19(30)26-17-10-32-11-18(17)29)20(31)28(27-16)13-2-1-7-25-9-13/h1-9,17-18,29H,10-11H2,(H,26,30)/t17-,18-/m0/s1. The highest BCUT2D eigenvalue weighted by Crippen LogP contribution is 2.26. The van der Waals surface area contributed by atoms with Crippen molar-refractivity contribution in [3.63, 3.8) is 0 Å². The SMILES string of the molecule is O=C(N[C@H]1COC[C@@H]1O)c1cc(-c2ccc(OC(F)(F)F)cc2)nn(-c2cccnc2)c1=O. The predicted octanol–water partition coefficient (Wildman–Crippen LogP) is 1.68. The van der Waals surface area contributed by atoms with E-state index in [1.165, 1.54) is 30.6 Å². The lowest BCUT2D eigenvalue weighted by Crippen LogP contribution is -2.44. The summed E-state index contributed by atoms with van der Waals surface area (Å²) in [5.74, 6) is -1.19. The Labute approximate surface area is 184 Å². The lowest BCUT2D eigenvalue weighted by atomic mass is 10.1. The predicted molar refractivity (Wildman–Crippen MR) is 108 cm³/mol. The Morgan fingerprint density at radius 2 is 1.97 bits per heavy atom. The van der Waals surface area contributed by atoms with Crippen LogP contribution in [0.2, 0.25) is 0 Å². The quantitative estimate of drug-likeness (QED) is 0.593. The van der Waals surface area contributed by atoms with Crippen LogP contribution in [0.3, 0.4) is 0 Å². The molecular formula is C21H17F3N4O5. The second-order valence-corrected chi connectivity index (χ2v) is 7.13. The van der Waals surface area contributed by atoms with Crippen LogP contribution in [0.5, 0.6) is 5.75 Å². The van der Waals surface area contributed by atoms with E-state index in [1.54, 1.807) is 12.1 Å². The zero-order valence-corrected chi connectivity index (χ0v) is 16.8. The minimum Gasteiger partial charge on any atom is -0.406 e. The molecule has 12 heteroatoms. The van der Waals surface area contributed by atoms with Crippen molar-refractivity contribution in [2.75, 3.05) is 13.2 Å². The fraction of sp³-hybridized carbons (Fsp3) is 0.238. The molecule has 3 heterocycles. The number of rotatable bonds is 5. The lowest BCUT2D eigenvalue weighted by molar-refractivity contribution is -0.274. The molecule has 2 N–H and O–H groups in total. The number of carbonyl (C=O) groups excluding carboxylic acids is 1. The summed E-state index contributed by atoms with van der Waals surface area (Å²) in [6.45, 7) is 0.140. The number of hydrogen-bond donors (Lipinski definition) is 2. The summed E-state index contributed by atoms with van der Waals surface area (Å²) >= 11 is 0. The van der Waals surface area contributed by atoms with Crippen molar-refractivity contribution in [1.82, 2.24) is 20.1 Å². The van der Waals surface area contributed by atoms with Gasteiger partial charge in [0, 0.05) is 11.8 Å². The van der Waals surface area contributed by atoms with Gasteiger partial charge in [-0.2, -0.15) is 9.78 Å². The van der Waals surface area contributed by atoms with Gasteiger partial charge in [-0.3, -0.25) is 14.6 Å². The molecule has 0 saturated carbocycles. The highest BCUT2D eigenvalue weighted by atomic mass is 19.4. The van der Waals surface area contributed by atoms with Crippen molar-refractivity contribution in [1.29, 1.82) is 0 Å². The first-order chi connectivity index (χ1) is 15.7. The summed E-state index contributed by atoms with van der Waals surface area (Å²) < 4.78 is 47.3. The van der Waals surface area contributed by atoms with Gasteiger partial charge in [-0.25, -0.2) is 0 Å². The maximum atomic E-state index is 13.0. The number of benzene rings is 1. The number of ether oxygens (including phenoxy) is 2. The molecule has 9 nitrogen and oxygen atoms in total. The molecule has 3 aromatic rings. The summed E-state index contributed by atoms with van der Waals surface area (Å²) in [7, 11) is 0. The van der Waals surface area contributed by atoms with E-state index in [4.69, 9.17) is 4.74 Å². The van der Waals surface area contributed by atoms with Gasteiger partial charge in [0.05, 0.1) is 42.9 Å².